The summed E-state index contributed by atoms with van der Waals surface area (Å²) >= 11 is 0. The monoisotopic (exact) mass is 211 g/mol. The summed E-state index contributed by atoms with van der Waals surface area (Å²) in [7, 11) is 4.25. The van der Waals surface area contributed by atoms with Crippen LogP contribution in [0.15, 0.2) is 0 Å². The maximum absolute atomic E-state index is 11.7. The molecule has 1 amide bonds. The van der Waals surface area contributed by atoms with Crippen LogP contribution in [0.5, 0.6) is 0 Å². The lowest BCUT2D eigenvalue weighted by Gasteiger charge is -2.49. The van der Waals surface area contributed by atoms with E-state index >= 15 is 0 Å². The van der Waals surface area contributed by atoms with E-state index in [4.69, 9.17) is 0 Å². The van der Waals surface area contributed by atoms with Gasteiger partial charge in [0.1, 0.15) is 0 Å². The number of nitrogens with one attached hydrogen (secondary N) is 1. The van der Waals surface area contributed by atoms with E-state index in [-0.39, 0.29) is 17.6 Å². The predicted octanol–water partition coefficient (Wildman–Crippen LogP) is 0.249. The van der Waals surface area contributed by atoms with Crippen molar-refractivity contribution < 1.29 is 4.79 Å². The molecule has 0 aromatic carbocycles. The largest absolute Gasteiger partial charge is 0.324 e. The summed E-state index contributed by atoms with van der Waals surface area (Å²) in [6, 6.07) is 0. The minimum Gasteiger partial charge on any atom is -0.324 e. The molecule has 4 heteroatoms. The zero-order chi connectivity index (χ0) is 11.1. The summed E-state index contributed by atoms with van der Waals surface area (Å²) in [6.07, 6.45) is 3.93. The van der Waals surface area contributed by atoms with Gasteiger partial charge in [-0.15, -0.1) is 0 Å². The van der Waals surface area contributed by atoms with Crippen LogP contribution in [0.4, 0.5) is 0 Å². The third-order valence-corrected chi connectivity index (χ3v) is 4.03. The lowest BCUT2D eigenvalue weighted by molar-refractivity contribution is -0.130. The van der Waals surface area contributed by atoms with Gasteiger partial charge < -0.3 is 9.80 Å². The van der Waals surface area contributed by atoms with Gasteiger partial charge in [0.05, 0.1) is 12.7 Å². The molecule has 0 aromatic rings. The summed E-state index contributed by atoms with van der Waals surface area (Å²) in [5.41, 5.74) is 0.246. The highest BCUT2D eigenvalue weighted by molar-refractivity contribution is 5.80. The summed E-state index contributed by atoms with van der Waals surface area (Å²) < 4.78 is 0. The number of likely N-dealkylation sites (N-methyl/N-ethyl adjacent to an activating group) is 1. The van der Waals surface area contributed by atoms with Crippen LogP contribution in [0.25, 0.3) is 0 Å². The molecule has 1 saturated heterocycles. The highest BCUT2D eigenvalue weighted by atomic mass is 16.2. The average molecular weight is 211 g/mol. The Bertz CT molecular complexity index is 261. The zero-order valence-corrected chi connectivity index (χ0v) is 9.92. The molecule has 0 radical (unpaired) electrons. The number of rotatable bonds is 3. The smallest absolute Gasteiger partial charge is 0.237 e. The van der Waals surface area contributed by atoms with Gasteiger partial charge in [0, 0.05) is 12.1 Å². The zero-order valence-electron chi connectivity index (χ0n) is 9.92. The molecule has 1 atom stereocenters. The molecular formula is C11H21N3O. The second-order valence-electron chi connectivity index (χ2n) is 5.05. The lowest BCUT2D eigenvalue weighted by Crippen LogP contribution is -2.58. The molecule has 1 aliphatic carbocycles. The van der Waals surface area contributed by atoms with E-state index in [1.807, 2.05) is 4.90 Å². The number of hydrogen-bond donors (Lipinski definition) is 1. The molecule has 2 fully saturated rings. The third kappa shape index (κ3) is 1.76. The molecule has 1 saturated carbocycles. The van der Waals surface area contributed by atoms with Crippen molar-refractivity contribution in [2.45, 2.75) is 37.9 Å². The average Bonchev–Trinajstić information content (AvgIpc) is 2.40. The number of carbonyl (C=O) groups is 1. The van der Waals surface area contributed by atoms with Crippen molar-refractivity contribution in [3.8, 4) is 0 Å². The first kappa shape index (κ1) is 10.9. The normalized spacial score (nSPS) is 29.7. The minimum atomic E-state index is 0.204. The van der Waals surface area contributed by atoms with Gasteiger partial charge in [0.25, 0.3) is 0 Å². The molecule has 1 N–H and O–H groups in total. The third-order valence-electron chi connectivity index (χ3n) is 4.03. The van der Waals surface area contributed by atoms with Crippen molar-refractivity contribution in [1.82, 2.24) is 15.1 Å². The molecule has 4 nitrogen and oxygen atoms in total. The van der Waals surface area contributed by atoms with Gasteiger partial charge in [-0.2, -0.15) is 0 Å². The maximum Gasteiger partial charge on any atom is 0.237 e. The van der Waals surface area contributed by atoms with Crippen molar-refractivity contribution in [3.05, 3.63) is 0 Å². The summed E-state index contributed by atoms with van der Waals surface area (Å²) in [5.74, 6) is 0.246. The van der Waals surface area contributed by atoms with Gasteiger partial charge in [0.15, 0.2) is 0 Å². The van der Waals surface area contributed by atoms with Gasteiger partial charge in [-0.25, -0.2) is 0 Å². The van der Waals surface area contributed by atoms with Crippen LogP contribution in [-0.2, 0) is 4.79 Å². The number of nitrogens with zero attached hydrogens (tertiary/aromatic N) is 2. The number of hydrogen-bond acceptors (Lipinski definition) is 3. The second kappa shape index (κ2) is 3.76. The Hall–Kier alpha value is -0.610. The summed E-state index contributed by atoms with van der Waals surface area (Å²) in [6.45, 7) is 3.45. The molecule has 1 heterocycles. The molecule has 2 rings (SSSR count). The SMILES string of the molecule is CC1NCC(=O)N1CC1(N(C)C)CCC1. The first-order valence-electron chi connectivity index (χ1n) is 5.75. The fourth-order valence-corrected chi connectivity index (χ4v) is 2.54. The molecule has 15 heavy (non-hydrogen) atoms. The fraction of sp³-hybridized carbons (Fsp3) is 0.909. The molecule has 86 valence electrons. The van der Waals surface area contributed by atoms with E-state index < -0.39 is 0 Å². The van der Waals surface area contributed by atoms with Crippen LogP contribution in [0.2, 0.25) is 0 Å². The Balaban J connectivity index is 2.03. The van der Waals surface area contributed by atoms with Crippen molar-refractivity contribution in [2.75, 3.05) is 27.2 Å². The summed E-state index contributed by atoms with van der Waals surface area (Å²) in [5, 5.41) is 3.19. The predicted molar refractivity (Wildman–Crippen MR) is 59.4 cm³/mol. The lowest BCUT2D eigenvalue weighted by atomic mass is 9.75. The fourth-order valence-electron chi connectivity index (χ4n) is 2.54. The van der Waals surface area contributed by atoms with E-state index in [1.54, 1.807) is 0 Å². The van der Waals surface area contributed by atoms with E-state index in [1.165, 1.54) is 19.3 Å². The topological polar surface area (TPSA) is 35.6 Å². The van der Waals surface area contributed by atoms with Gasteiger partial charge in [-0.05, 0) is 40.3 Å². The Morgan fingerprint density at radius 1 is 1.53 bits per heavy atom. The Morgan fingerprint density at radius 3 is 2.53 bits per heavy atom. The van der Waals surface area contributed by atoms with E-state index in [0.29, 0.717) is 6.54 Å². The Morgan fingerprint density at radius 2 is 2.20 bits per heavy atom. The molecule has 0 bridgehead atoms. The van der Waals surface area contributed by atoms with E-state index in [0.717, 1.165) is 6.54 Å². The van der Waals surface area contributed by atoms with Crippen molar-refractivity contribution >= 4 is 5.91 Å². The number of amides is 1. The second-order valence-corrected chi connectivity index (χ2v) is 5.05. The van der Waals surface area contributed by atoms with Crippen LogP contribution >= 0.6 is 0 Å². The molecule has 0 spiro atoms. The van der Waals surface area contributed by atoms with Gasteiger partial charge in [0.2, 0.25) is 5.91 Å². The summed E-state index contributed by atoms with van der Waals surface area (Å²) in [4.78, 5) is 15.9. The Labute approximate surface area is 91.6 Å². The first-order valence-corrected chi connectivity index (χ1v) is 5.75. The minimum absolute atomic E-state index is 0.204. The van der Waals surface area contributed by atoms with Crippen LogP contribution < -0.4 is 5.32 Å². The maximum atomic E-state index is 11.7. The Kier molecular flexibility index (Phi) is 2.73. The van der Waals surface area contributed by atoms with Crippen LogP contribution in [-0.4, -0.2) is 54.6 Å². The van der Waals surface area contributed by atoms with E-state index in [2.05, 4.69) is 31.2 Å². The molecule has 1 aliphatic heterocycles. The van der Waals surface area contributed by atoms with Gasteiger partial charge in [-0.1, -0.05) is 0 Å². The van der Waals surface area contributed by atoms with E-state index in [9.17, 15) is 4.79 Å². The highest BCUT2D eigenvalue weighted by Crippen LogP contribution is 2.37. The van der Waals surface area contributed by atoms with Gasteiger partial charge >= 0.3 is 0 Å². The molecule has 2 aliphatic rings. The molecule has 1 unspecified atom stereocenters. The van der Waals surface area contributed by atoms with Gasteiger partial charge in [-0.3, -0.25) is 10.1 Å². The quantitative estimate of drug-likeness (QED) is 0.727. The highest BCUT2D eigenvalue weighted by Gasteiger charge is 2.43. The van der Waals surface area contributed by atoms with Crippen LogP contribution in [0.3, 0.4) is 0 Å². The van der Waals surface area contributed by atoms with Crippen molar-refractivity contribution in [3.63, 3.8) is 0 Å². The molecular weight excluding hydrogens is 190 g/mol. The van der Waals surface area contributed by atoms with Crippen molar-refractivity contribution in [2.24, 2.45) is 0 Å². The standard InChI is InChI=1S/C11H21N3O/c1-9-12-7-10(15)14(9)8-11(13(2)3)5-4-6-11/h9,12H,4-8H2,1-3H3. The van der Waals surface area contributed by atoms with Crippen LogP contribution in [0, 0.1) is 0 Å². The number of carbonyl (C=O) groups excluding carboxylic acids is 1. The first-order chi connectivity index (χ1) is 7.05. The van der Waals surface area contributed by atoms with Crippen LogP contribution in [0.1, 0.15) is 26.2 Å². The van der Waals surface area contributed by atoms with Crippen molar-refractivity contribution in [1.29, 1.82) is 0 Å². The molecule has 0 aromatic heterocycles.